The summed E-state index contributed by atoms with van der Waals surface area (Å²) in [4.78, 5) is 2.50. The number of fused-ring (bicyclic) bond motifs is 6. The third-order valence-corrected chi connectivity index (χ3v) is 12.8. The van der Waals surface area contributed by atoms with E-state index in [1.54, 1.807) is 0 Å². The lowest BCUT2D eigenvalue weighted by Crippen LogP contribution is -2.28. The Bertz CT molecular complexity index is 2890. The van der Waals surface area contributed by atoms with Crippen molar-refractivity contribution in [2.45, 2.75) is 17.8 Å². The second-order valence-electron chi connectivity index (χ2n) is 15.7. The first kappa shape index (κ1) is 34.1. The molecule has 0 saturated carbocycles. The molecule has 0 aromatic heterocycles. The number of anilines is 3. The molecule has 274 valence electrons. The van der Waals surface area contributed by atoms with Gasteiger partial charge in [0.1, 0.15) is 0 Å². The van der Waals surface area contributed by atoms with Crippen molar-refractivity contribution in [2.75, 3.05) is 4.90 Å². The van der Waals surface area contributed by atoms with Gasteiger partial charge in [-0.05, 0) is 104 Å². The van der Waals surface area contributed by atoms with Crippen molar-refractivity contribution < 1.29 is 0 Å². The monoisotopic (exact) mass is 739 g/mol. The first-order valence-corrected chi connectivity index (χ1v) is 20.3. The van der Waals surface area contributed by atoms with E-state index in [4.69, 9.17) is 0 Å². The molecule has 1 atom stereocenters. The van der Waals surface area contributed by atoms with Crippen LogP contribution in [0, 0.1) is 0 Å². The van der Waals surface area contributed by atoms with Crippen LogP contribution in [0.4, 0.5) is 17.1 Å². The van der Waals surface area contributed by atoms with Gasteiger partial charge in [-0.25, -0.2) is 0 Å². The summed E-state index contributed by atoms with van der Waals surface area (Å²) in [6, 6.07) is 85.1. The van der Waals surface area contributed by atoms with Crippen molar-refractivity contribution in [1.82, 2.24) is 0 Å². The van der Waals surface area contributed by atoms with E-state index >= 15 is 0 Å². The fourth-order valence-corrected chi connectivity index (χ4v) is 10.2. The number of rotatable bonds is 7. The Kier molecular flexibility index (Phi) is 7.91. The summed E-state index contributed by atoms with van der Waals surface area (Å²) in [7, 11) is 0. The highest BCUT2D eigenvalue weighted by molar-refractivity contribution is 5.98. The van der Waals surface area contributed by atoms with Crippen molar-refractivity contribution in [3.63, 3.8) is 0 Å². The quantitative estimate of drug-likeness (QED) is 0.157. The van der Waals surface area contributed by atoms with Gasteiger partial charge in [0.15, 0.2) is 0 Å². The maximum atomic E-state index is 2.50. The average Bonchev–Trinajstić information content (AvgIpc) is 3.76. The Balaban J connectivity index is 1.18. The van der Waals surface area contributed by atoms with Crippen LogP contribution in [-0.2, 0) is 10.8 Å². The fraction of sp³-hybridized carbons (Fsp3) is 0.0526. The minimum atomic E-state index is -0.498. The molecular weight excluding hydrogens is 699 g/mol. The predicted octanol–water partition coefficient (Wildman–Crippen LogP) is 14.5. The van der Waals surface area contributed by atoms with Gasteiger partial charge >= 0.3 is 0 Å². The van der Waals surface area contributed by atoms with Crippen LogP contribution in [0.25, 0.3) is 33.4 Å². The molecule has 2 aliphatic rings. The molecule has 0 radical (unpaired) electrons. The van der Waals surface area contributed by atoms with E-state index in [0.717, 1.165) is 17.1 Å². The molecule has 1 heteroatoms. The standard InChI is InChI=1S/C57H41N/c1-56(42-21-8-3-9-22-42)50-29-16-14-27-47(50)49-39-46(37-38-51(49)56)58(45-35-33-41(34-36-45)40-19-6-2-7-20-40)54-32-18-31-53-55(54)48-28-15-17-30-52(48)57(53,43-23-10-4-11-24-43)44-25-12-5-13-26-44/h2-39H,1H3. The van der Waals surface area contributed by atoms with E-state index in [1.807, 2.05) is 0 Å². The molecule has 0 saturated heterocycles. The summed E-state index contributed by atoms with van der Waals surface area (Å²) in [5.74, 6) is 0. The van der Waals surface area contributed by atoms with E-state index < -0.39 is 5.41 Å². The van der Waals surface area contributed by atoms with Crippen molar-refractivity contribution >= 4 is 17.1 Å². The molecule has 2 aliphatic carbocycles. The zero-order chi connectivity index (χ0) is 38.7. The van der Waals surface area contributed by atoms with Gasteiger partial charge < -0.3 is 4.90 Å². The van der Waals surface area contributed by atoms with E-state index in [1.165, 1.54) is 72.3 Å². The van der Waals surface area contributed by atoms with Crippen LogP contribution in [-0.4, -0.2) is 0 Å². The lowest BCUT2D eigenvalue weighted by atomic mass is 9.68. The van der Waals surface area contributed by atoms with Crippen LogP contribution in [0.5, 0.6) is 0 Å². The third kappa shape index (κ3) is 4.96. The number of hydrogen-bond donors (Lipinski definition) is 0. The highest BCUT2D eigenvalue weighted by atomic mass is 15.1. The highest BCUT2D eigenvalue weighted by Gasteiger charge is 2.47. The lowest BCUT2D eigenvalue weighted by Gasteiger charge is -2.34. The number of benzene rings is 9. The summed E-state index contributed by atoms with van der Waals surface area (Å²) < 4.78 is 0. The van der Waals surface area contributed by atoms with E-state index in [0.29, 0.717) is 0 Å². The second-order valence-corrected chi connectivity index (χ2v) is 15.7. The molecule has 0 amide bonds. The Morgan fingerprint density at radius 2 is 0.810 bits per heavy atom. The normalized spacial score (nSPS) is 15.5. The number of nitrogens with zero attached hydrogens (tertiary/aromatic N) is 1. The SMILES string of the molecule is CC1(c2ccccc2)c2ccccc2-c2cc(N(c3ccc(-c4ccccc4)cc3)c3cccc4c3-c3ccccc3C4(c3ccccc3)c3ccccc3)ccc21. The van der Waals surface area contributed by atoms with Gasteiger partial charge in [0, 0.05) is 22.4 Å². The highest BCUT2D eigenvalue weighted by Crippen LogP contribution is 2.60. The third-order valence-electron chi connectivity index (χ3n) is 12.8. The van der Waals surface area contributed by atoms with Gasteiger partial charge in [-0.3, -0.25) is 0 Å². The Morgan fingerprint density at radius 1 is 0.328 bits per heavy atom. The van der Waals surface area contributed by atoms with Crippen LogP contribution < -0.4 is 4.90 Å². The van der Waals surface area contributed by atoms with Gasteiger partial charge in [0.25, 0.3) is 0 Å². The first-order valence-electron chi connectivity index (χ1n) is 20.3. The molecule has 0 aliphatic heterocycles. The lowest BCUT2D eigenvalue weighted by molar-refractivity contribution is 0.714. The van der Waals surface area contributed by atoms with E-state index in [2.05, 4.69) is 242 Å². The van der Waals surface area contributed by atoms with Crippen LogP contribution in [0.1, 0.15) is 45.9 Å². The summed E-state index contributed by atoms with van der Waals surface area (Å²) in [6.07, 6.45) is 0. The number of hydrogen-bond acceptors (Lipinski definition) is 1. The van der Waals surface area contributed by atoms with Gasteiger partial charge in [-0.1, -0.05) is 200 Å². The minimum Gasteiger partial charge on any atom is -0.310 e. The molecular formula is C57H41N. The second kappa shape index (κ2) is 13.5. The molecule has 58 heavy (non-hydrogen) atoms. The van der Waals surface area contributed by atoms with Gasteiger partial charge in [-0.2, -0.15) is 0 Å². The van der Waals surface area contributed by atoms with Crippen molar-refractivity contribution in [3.05, 3.63) is 269 Å². The molecule has 9 aromatic rings. The fourth-order valence-electron chi connectivity index (χ4n) is 10.2. The molecule has 11 rings (SSSR count). The van der Waals surface area contributed by atoms with Crippen LogP contribution in [0.2, 0.25) is 0 Å². The Morgan fingerprint density at radius 3 is 1.47 bits per heavy atom. The van der Waals surface area contributed by atoms with Crippen LogP contribution in [0.3, 0.4) is 0 Å². The molecule has 0 spiro atoms. The topological polar surface area (TPSA) is 3.24 Å². The molecule has 0 heterocycles. The van der Waals surface area contributed by atoms with Crippen molar-refractivity contribution in [2.24, 2.45) is 0 Å². The summed E-state index contributed by atoms with van der Waals surface area (Å²) in [6.45, 7) is 2.39. The molecule has 9 aromatic carbocycles. The molecule has 1 unspecified atom stereocenters. The zero-order valence-corrected chi connectivity index (χ0v) is 32.4. The Hall–Kier alpha value is -7.22. The van der Waals surface area contributed by atoms with E-state index in [9.17, 15) is 0 Å². The summed E-state index contributed by atoms with van der Waals surface area (Å²) >= 11 is 0. The van der Waals surface area contributed by atoms with Gasteiger partial charge in [0.2, 0.25) is 0 Å². The smallest absolute Gasteiger partial charge is 0.0714 e. The summed E-state index contributed by atoms with van der Waals surface area (Å²) in [5, 5.41) is 0. The predicted molar refractivity (Wildman–Crippen MR) is 241 cm³/mol. The Labute approximate surface area is 341 Å². The summed E-state index contributed by atoms with van der Waals surface area (Å²) in [5.41, 5.74) is 19.2. The zero-order valence-electron chi connectivity index (χ0n) is 32.4. The van der Waals surface area contributed by atoms with Crippen molar-refractivity contribution in [1.29, 1.82) is 0 Å². The molecule has 1 nitrogen and oxygen atoms in total. The van der Waals surface area contributed by atoms with Gasteiger partial charge in [-0.15, -0.1) is 0 Å². The van der Waals surface area contributed by atoms with Crippen molar-refractivity contribution in [3.8, 4) is 33.4 Å². The molecule has 0 bridgehead atoms. The van der Waals surface area contributed by atoms with Crippen LogP contribution >= 0.6 is 0 Å². The van der Waals surface area contributed by atoms with E-state index in [-0.39, 0.29) is 5.41 Å². The molecule has 0 fully saturated rings. The van der Waals surface area contributed by atoms with Gasteiger partial charge in [0.05, 0.1) is 11.1 Å². The largest absolute Gasteiger partial charge is 0.310 e. The maximum absolute atomic E-state index is 2.50. The average molecular weight is 740 g/mol. The minimum absolute atomic E-state index is 0.272. The maximum Gasteiger partial charge on any atom is 0.0714 e. The molecule has 0 N–H and O–H groups in total. The van der Waals surface area contributed by atoms with Crippen LogP contribution in [0.15, 0.2) is 231 Å². The first-order chi connectivity index (χ1) is 28.7.